The lowest BCUT2D eigenvalue weighted by Crippen LogP contribution is -2.20. The summed E-state index contributed by atoms with van der Waals surface area (Å²) in [5.41, 5.74) is 7.08. The molecule has 0 bridgehead atoms. The van der Waals surface area contributed by atoms with Gasteiger partial charge in [-0.1, -0.05) is 6.07 Å². The molecule has 24 heavy (non-hydrogen) atoms. The molecule has 3 N–H and O–H groups in total. The van der Waals surface area contributed by atoms with E-state index in [0.29, 0.717) is 29.1 Å². The predicted molar refractivity (Wildman–Crippen MR) is 97.4 cm³/mol. The highest BCUT2D eigenvalue weighted by atomic mass is 79.9. The molecule has 0 saturated carbocycles. The lowest BCUT2D eigenvalue weighted by Gasteiger charge is -2.14. The van der Waals surface area contributed by atoms with Gasteiger partial charge in [-0.25, -0.2) is 0 Å². The molecule has 0 radical (unpaired) electrons. The van der Waals surface area contributed by atoms with Crippen molar-refractivity contribution in [1.82, 2.24) is 10.3 Å². The Morgan fingerprint density at radius 1 is 1.33 bits per heavy atom. The van der Waals surface area contributed by atoms with Crippen molar-refractivity contribution in [2.75, 3.05) is 13.7 Å². The summed E-state index contributed by atoms with van der Waals surface area (Å²) in [5.74, 6) is 0.454. The Hall–Kier alpha value is -1.83. The number of carbonyl (C=O) groups is 1. The van der Waals surface area contributed by atoms with Gasteiger partial charge in [0.2, 0.25) is 0 Å². The second-order valence-corrected chi connectivity index (χ2v) is 5.64. The van der Waals surface area contributed by atoms with Gasteiger partial charge >= 0.3 is 0 Å². The number of ether oxygens (including phenoxy) is 2. The number of primary amides is 1. The summed E-state index contributed by atoms with van der Waals surface area (Å²) in [7, 11) is 1.55. The molecule has 2 aromatic rings. The minimum atomic E-state index is -0.542. The SMILES string of the molecule is COc1cc(CNCc2ccccn2)cc(Br)c1OCC(N)=O.Cl. The fraction of sp³-hybridized carbons (Fsp3) is 0.250. The third kappa shape index (κ3) is 5.99. The standard InChI is InChI=1S/C16H18BrN3O3.ClH/c1-22-14-7-11(6-13(17)16(14)23-10-15(18)21)8-19-9-12-4-2-3-5-20-12;/h2-7,19H,8-10H2,1H3,(H2,18,21);1H. The highest BCUT2D eigenvalue weighted by Crippen LogP contribution is 2.36. The molecule has 2 rings (SSSR count). The molecule has 1 heterocycles. The lowest BCUT2D eigenvalue weighted by molar-refractivity contribution is -0.119. The third-order valence-corrected chi connectivity index (χ3v) is 3.60. The minimum absolute atomic E-state index is 0. The molecule has 1 aromatic carbocycles. The summed E-state index contributed by atoms with van der Waals surface area (Å²) in [6.45, 7) is 1.11. The first-order chi connectivity index (χ1) is 11.1. The highest BCUT2D eigenvalue weighted by molar-refractivity contribution is 9.10. The van der Waals surface area contributed by atoms with E-state index in [0.717, 1.165) is 11.3 Å². The molecule has 8 heteroatoms. The van der Waals surface area contributed by atoms with Crippen LogP contribution in [0.3, 0.4) is 0 Å². The lowest BCUT2D eigenvalue weighted by atomic mass is 10.2. The summed E-state index contributed by atoms with van der Waals surface area (Å²) in [6.07, 6.45) is 1.77. The van der Waals surface area contributed by atoms with Gasteiger partial charge in [0.15, 0.2) is 18.1 Å². The van der Waals surface area contributed by atoms with Crippen molar-refractivity contribution in [3.63, 3.8) is 0 Å². The number of hydrogen-bond donors (Lipinski definition) is 2. The molecule has 0 aliphatic rings. The van der Waals surface area contributed by atoms with E-state index < -0.39 is 5.91 Å². The number of carbonyl (C=O) groups excluding carboxylic acids is 1. The number of benzene rings is 1. The Bertz CT molecular complexity index is 671. The third-order valence-electron chi connectivity index (χ3n) is 3.01. The van der Waals surface area contributed by atoms with E-state index in [1.54, 1.807) is 13.3 Å². The quantitative estimate of drug-likeness (QED) is 0.690. The second-order valence-electron chi connectivity index (χ2n) is 4.79. The van der Waals surface area contributed by atoms with Crippen LogP contribution in [0, 0.1) is 0 Å². The number of methoxy groups -OCH3 is 1. The van der Waals surface area contributed by atoms with E-state index in [-0.39, 0.29) is 19.0 Å². The number of rotatable bonds is 8. The van der Waals surface area contributed by atoms with Gasteiger partial charge in [-0.15, -0.1) is 12.4 Å². The van der Waals surface area contributed by atoms with Gasteiger partial charge in [-0.05, 0) is 45.8 Å². The zero-order chi connectivity index (χ0) is 16.7. The zero-order valence-corrected chi connectivity index (χ0v) is 15.5. The Kier molecular flexibility index (Phi) is 8.53. The summed E-state index contributed by atoms with van der Waals surface area (Å²) in [6, 6.07) is 9.56. The molecule has 6 nitrogen and oxygen atoms in total. The first-order valence-corrected chi connectivity index (χ1v) is 7.77. The monoisotopic (exact) mass is 415 g/mol. The average Bonchev–Trinajstić information content (AvgIpc) is 2.54. The number of nitrogens with two attached hydrogens (primary N) is 1. The van der Waals surface area contributed by atoms with E-state index in [2.05, 4.69) is 26.2 Å². The molecular formula is C16H19BrClN3O3. The molecule has 0 aliphatic carbocycles. The van der Waals surface area contributed by atoms with E-state index in [9.17, 15) is 4.79 Å². The van der Waals surface area contributed by atoms with Crippen LogP contribution in [0.4, 0.5) is 0 Å². The van der Waals surface area contributed by atoms with Crippen molar-refractivity contribution in [2.45, 2.75) is 13.1 Å². The van der Waals surface area contributed by atoms with Crippen molar-refractivity contribution in [1.29, 1.82) is 0 Å². The molecule has 0 fully saturated rings. The summed E-state index contributed by atoms with van der Waals surface area (Å²) in [5, 5.41) is 3.31. The molecule has 0 spiro atoms. The van der Waals surface area contributed by atoms with Crippen molar-refractivity contribution in [3.8, 4) is 11.5 Å². The molecule has 0 atom stereocenters. The summed E-state index contributed by atoms with van der Waals surface area (Å²) < 4.78 is 11.4. The van der Waals surface area contributed by atoms with Gasteiger partial charge in [0.05, 0.1) is 17.3 Å². The Balaban J connectivity index is 0.00000288. The first-order valence-electron chi connectivity index (χ1n) is 6.98. The number of aromatic nitrogens is 1. The molecule has 0 aliphatic heterocycles. The number of pyridine rings is 1. The number of halogens is 2. The van der Waals surface area contributed by atoms with Crippen LogP contribution >= 0.6 is 28.3 Å². The number of amides is 1. The Morgan fingerprint density at radius 3 is 2.75 bits per heavy atom. The largest absolute Gasteiger partial charge is 0.493 e. The average molecular weight is 417 g/mol. The molecule has 0 saturated heterocycles. The van der Waals surface area contributed by atoms with Gasteiger partial charge in [0.25, 0.3) is 5.91 Å². The predicted octanol–water partition coefficient (Wildman–Crippen LogP) is 2.43. The van der Waals surface area contributed by atoms with Crippen LogP contribution in [0.1, 0.15) is 11.3 Å². The Morgan fingerprint density at radius 2 is 2.12 bits per heavy atom. The van der Waals surface area contributed by atoms with E-state index >= 15 is 0 Å². The van der Waals surface area contributed by atoms with Crippen LogP contribution in [0.25, 0.3) is 0 Å². The maximum Gasteiger partial charge on any atom is 0.255 e. The maximum atomic E-state index is 10.9. The molecule has 0 unspecified atom stereocenters. The van der Waals surface area contributed by atoms with Gasteiger partial charge in [-0.3, -0.25) is 9.78 Å². The van der Waals surface area contributed by atoms with Crippen LogP contribution < -0.4 is 20.5 Å². The van der Waals surface area contributed by atoms with Crippen molar-refractivity contribution in [2.24, 2.45) is 5.73 Å². The van der Waals surface area contributed by atoms with Crippen LogP contribution in [0.2, 0.25) is 0 Å². The molecule has 130 valence electrons. The normalized spacial score (nSPS) is 9.92. The van der Waals surface area contributed by atoms with E-state index in [1.807, 2.05) is 30.3 Å². The first kappa shape index (κ1) is 20.2. The minimum Gasteiger partial charge on any atom is -0.493 e. The second kappa shape index (κ2) is 10.1. The van der Waals surface area contributed by atoms with Crippen molar-refractivity contribution >= 4 is 34.2 Å². The fourth-order valence-electron chi connectivity index (χ4n) is 2.00. The smallest absolute Gasteiger partial charge is 0.255 e. The topological polar surface area (TPSA) is 86.5 Å². The van der Waals surface area contributed by atoms with Crippen molar-refractivity contribution < 1.29 is 14.3 Å². The van der Waals surface area contributed by atoms with Crippen LogP contribution in [0.15, 0.2) is 41.0 Å². The number of nitrogens with zero attached hydrogens (tertiary/aromatic N) is 1. The molecular weight excluding hydrogens is 398 g/mol. The zero-order valence-electron chi connectivity index (χ0n) is 13.1. The van der Waals surface area contributed by atoms with E-state index in [4.69, 9.17) is 15.2 Å². The summed E-state index contributed by atoms with van der Waals surface area (Å²) >= 11 is 3.43. The molecule has 1 aromatic heterocycles. The van der Waals surface area contributed by atoms with E-state index in [1.165, 1.54) is 0 Å². The van der Waals surface area contributed by atoms with Crippen molar-refractivity contribution in [3.05, 3.63) is 52.3 Å². The fourth-order valence-corrected chi connectivity index (χ4v) is 2.60. The summed E-state index contributed by atoms with van der Waals surface area (Å²) in [4.78, 5) is 15.1. The van der Waals surface area contributed by atoms with Crippen LogP contribution in [0.5, 0.6) is 11.5 Å². The Labute approximate surface area is 155 Å². The van der Waals surface area contributed by atoms with Crippen LogP contribution in [-0.4, -0.2) is 24.6 Å². The van der Waals surface area contributed by atoms with Gasteiger partial charge in [0.1, 0.15) is 0 Å². The molecule has 1 amide bonds. The van der Waals surface area contributed by atoms with Gasteiger partial charge < -0.3 is 20.5 Å². The van der Waals surface area contributed by atoms with Gasteiger partial charge in [0, 0.05) is 19.3 Å². The maximum absolute atomic E-state index is 10.9. The number of hydrogen-bond acceptors (Lipinski definition) is 5. The van der Waals surface area contributed by atoms with Gasteiger partial charge in [-0.2, -0.15) is 0 Å². The number of nitrogens with one attached hydrogen (secondary N) is 1. The highest BCUT2D eigenvalue weighted by Gasteiger charge is 2.12. The van der Waals surface area contributed by atoms with Crippen LogP contribution in [-0.2, 0) is 17.9 Å².